The van der Waals surface area contributed by atoms with Crippen LogP contribution in [0.15, 0.2) is 24.3 Å². The summed E-state index contributed by atoms with van der Waals surface area (Å²) < 4.78 is 0. The lowest BCUT2D eigenvalue weighted by Gasteiger charge is -2.29. The van der Waals surface area contributed by atoms with Crippen molar-refractivity contribution in [3.63, 3.8) is 0 Å². The van der Waals surface area contributed by atoms with Gasteiger partial charge in [0, 0.05) is 24.8 Å². The highest BCUT2D eigenvalue weighted by molar-refractivity contribution is 7.99. The van der Waals surface area contributed by atoms with Gasteiger partial charge >= 0.3 is 0 Å². The Morgan fingerprint density at radius 3 is 2.85 bits per heavy atom. The SMILES string of the molecule is CC(C)(C)CC(=O)N1CSCC1C(=O)NCC1NCCc2ccccc21. The maximum Gasteiger partial charge on any atom is 0.243 e. The Hall–Kier alpha value is -1.53. The fourth-order valence-electron chi connectivity index (χ4n) is 3.56. The number of thioether (sulfide) groups is 1. The second-order valence-electron chi connectivity index (χ2n) is 8.32. The molecule has 1 aromatic rings. The molecule has 2 heterocycles. The van der Waals surface area contributed by atoms with Crippen molar-refractivity contribution < 1.29 is 9.59 Å². The molecule has 1 saturated heterocycles. The number of rotatable bonds is 4. The van der Waals surface area contributed by atoms with Crippen LogP contribution in [0.3, 0.4) is 0 Å². The minimum absolute atomic E-state index is 0.0397. The molecule has 142 valence electrons. The van der Waals surface area contributed by atoms with Crippen LogP contribution < -0.4 is 10.6 Å². The van der Waals surface area contributed by atoms with Gasteiger partial charge in [-0.15, -0.1) is 11.8 Å². The highest BCUT2D eigenvalue weighted by Crippen LogP contribution is 2.27. The molecule has 2 N–H and O–H groups in total. The van der Waals surface area contributed by atoms with Crippen molar-refractivity contribution in [1.29, 1.82) is 0 Å². The molecule has 2 aliphatic rings. The fraction of sp³-hybridized carbons (Fsp3) is 0.600. The number of nitrogens with zero attached hydrogens (tertiary/aromatic N) is 1. The lowest BCUT2D eigenvalue weighted by Crippen LogP contribution is -2.49. The molecule has 0 spiro atoms. The zero-order chi connectivity index (χ0) is 18.7. The van der Waals surface area contributed by atoms with Gasteiger partial charge in [0.05, 0.1) is 5.88 Å². The molecule has 0 saturated carbocycles. The first-order chi connectivity index (χ1) is 12.3. The first-order valence-electron chi connectivity index (χ1n) is 9.31. The number of hydrogen-bond acceptors (Lipinski definition) is 4. The number of carbonyl (C=O) groups excluding carboxylic acids is 2. The van der Waals surface area contributed by atoms with Crippen LogP contribution in [0.25, 0.3) is 0 Å². The molecule has 2 aliphatic heterocycles. The van der Waals surface area contributed by atoms with Crippen LogP contribution in [0.1, 0.15) is 44.4 Å². The minimum Gasteiger partial charge on any atom is -0.352 e. The summed E-state index contributed by atoms with van der Waals surface area (Å²) in [4.78, 5) is 27.0. The molecule has 0 aromatic heterocycles. The molecule has 1 fully saturated rings. The van der Waals surface area contributed by atoms with Crippen molar-refractivity contribution >= 4 is 23.6 Å². The normalized spacial score (nSPS) is 22.8. The Bertz CT molecular complexity index is 671. The zero-order valence-electron chi connectivity index (χ0n) is 15.9. The largest absolute Gasteiger partial charge is 0.352 e. The molecule has 2 unspecified atom stereocenters. The van der Waals surface area contributed by atoms with E-state index in [1.165, 1.54) is 11.1 Å². The highest BCUT2D eigenvalue weighted by atomic mass is 32.2. The summed E-state index contributed by atoms with van der Waals surface area (Å²) in [6.07, 6.45) is 1.49. The predicted octanol–water partition coefficient (Wildman–Crippen LogP) is 2.33. The van der Waals surface area contributed by atoms with Gasteiger partial charge in [0.15, 0.2) is 0 Å². The Morgan fingerprint density at radius 2 is 2.08 bits per heavy atom. The standard InChI is InChI=1S/C20H29N3O2S/c1-20(2,3)10-18(24)23-13-26-12-17(23)19(25)22-11-16-15-7-5-4-6-14(15)8-9-21-16/h4-7,16-17,21H,8-13H2,1-3H3,(H,22,25). The predicted molar refractivity (Wildman–Crippen MR) is 106 cm³/mol. The molecule has 2 atom stereocenters. The van der Waals surface area contributed by atoms with E-state index in [4.69, 9.17) is 0 Å². The number of benzene rings is 1. The molecule has 0 bridgehead atoms. The number of nitrogens with one attached hydrogen (secondary N) is 2. The van der Waals surface area contributed by atoms with Gasteiger partial charge in [0.2, 0.25) is 11.8 Å². The van der Waals surface area contributed by atoms with E-state index in [0.29, 0.717) is 24.6 Å². The third kappa shape index (κ3) is 4.60. The maximum absolute atomic E-state index is 12.7. The van der Waals surface area contributed by atoms with Gasteiger partial charge in [-0.2, -0.15) is 0 Å². The van der Waals surface area contributed by atoms with Crippen molar-refractivity contribution in [3.8, 4) is 0 Å². The minimum atomic E-state index is -0.353. The smallest absolute Gasteiger partial charge is 0.243 e. The van der Waals surface area contributed by atoms with Crippen LogP contribution in [-0.2, 0) is 16.0 Å². The first-order valence-corrected chi connectivity index (χ1v) is 10.5. The molecule has 6 heteroatoms. The molecule has 5 nitrogen and oxygen atoms in total. The molecular formula is C20H29N3O2S. The number of carbonyl (C=O) groups is 2. The van der Waals surface area contributed by atoms with Gasteiger partial charge < -0.3 is 15.5 Å². The molecule has 3 rings (SSSR count). The van der Waals surface area contributed by atoms with E-state index < -0.39 is 0 Å². The van der Waals surface area contributed by atoms with E-state index >= 15 is 0 Å². The molecule has 2 amide bonds. The van der Waals surface area contributed by atoms with Gasteiger partial charge in [-0.25, -0.2) is 0 Å². The third-order valence-electron chi connectivity index (χ3n) is 4.88. The van der Waals surface area contributed by atoms with Crippen molar-refractivity contribution in [3.05, 3.63) is 35.4 Å². The second kappa shape index (κ2) is 8.01. The Balaban J connectivity index is 1.59. The summed E-state index contributed by atoms with van der Waals surface area (Å²) in [7, 11) is 0. The summed E-state index contributed by atoms with van der Waals surface area (Å²) in [5.41, 5.74) is 2.55. The van der Waals surface area contributed by atoms with Crippen LogP contribution in [0, 0.1) is 5.41 Å². The van der Waals surface area contributed by atoms with Gasteiger partial charge in [-0.3, -0.25) is 9.59 Å². The summed E-state index contributed by atoms with van der Waals surface area (Å²) >= 11 is 1.65. The number of fused-ring (bicyclic) bond motifs is 1. The Kier molecular flexibility index (Phi) is 5.92. The van der Waals surface area contributed by atoms with Crippen LogP contribution >= 0.6 is 11.8 Å². The van der Waals surface area contributed by atoms with Crippen molar-refractivity contribution in [2.45, 2.75) is 45.7 Å². The van der Waals surface area contributed by atoms with E-state index in [2.05, 4.69) is 49.6 Å². The molecule has 0 aliphatic carbocycles. The molecule has 26 heavy (non-hydrogen) atoms. The van der Waals surface area contributed by atoms with Crippen molar-refractivity contribution in [1.82, 2.24) is 15.5 Å². The number of hydrogen-bond donors (Lipinski definition) is 2. The summed E-state index contributed by atoms with van der Waals surface area (Å²) in [5.74, 6) is 1.32. The lowest BCUT2D eigenvalue weighted by molar-refractivity contribution is -0.139. The second-order valence-corrected chi connectivity index (χ2v) is 9.32. The topological polar surface area (TPSA) is 61.4 Å². The van der Waals surface area contributed by atoms with Crippen LogP contribution in [0.5, 0.6) is 0 Å². The van der Waals surface area contributed by atoms with Gasteiger partial charge in [0.25, 0.3) is 0 Å². The van der Waals surface area contributed by atoms with Gasteiger partial charge in [0.1, 0.15) is 6.04 Å². The summed E-state index contributed by atoms with van der Waals surface area (Å²) in [6.45, 7) is 7.63. The number of amides is 2. The van der Waals surface area contributed by atoms with E-state index in [0.717, 1.165) is 13.0 Å². The summed E-state index contributed by atoms with van der Waals surface area (Å²) in [6, 6.07) is 8.18. The van der Waals surface area contributed by atoms with Gasteiger partial charge in [-0.05, 0) is 29.5 Å². The highest BCUT2D eigenvalue weighted by Gasteiger charge is 2.36. The van der Waals surface area contributed by atoms with E-state index in [1.54, 1.807) is 16.7 Å². The van der Waals surface area contributed by atoms with E-state index in [-0.39, 0.29) is 29.3 Å². The average Bonchev–Trinajstić information content (AvgIpc) is 3.08. The van der Waals surface area contributed by atoms with E-state index in [9.17, 15) is 9.59 Å². The van der Waals surface area contributed by atoms with Crippen LogP contribution in [-0.4, -0.2) is 47.5 Å². The van der Waals surface area contributed by atoms with Crippen molar-refractivity contribution in [2.75, 3.05) is 24.7 Å². The van der Waals surface area contributed by atoms with Crippen LogP contribution in [0.2, 0.25) is 0 Å². The zero-order valence-corrected chi connectivity index (χ0v) is 16.7. The molecule has 1 aromatic carbocycles. The Labute approximate surface area is 160 Å². The quantitative estimate of drug-likeness (QED) is 0.848. The molecular weight excluding hydrogens is 346 g/mol. The monoisotopic (exact) mass is 375 g/mol. The third-order valence-corrected chi connectivity index (χ3v) is 5.90. The van der Waals surface area contributed by atoms with Gasteiger partial charge in [-0.1, -0.05) is 45.0 Å². The first kappa shape index (κ1) is 19.2. The summed E-state index contributed by atoms with van der Waals surface area (Å²) in [5, 5.41) is 6.56. The Morgan fingerprint density at radius 1 is 1.31 bits per heavy atom. The van der Waals surface area contributed by atoms with Crippen LogP contribution in [0.4, 0.5) is 0 Å². The van der Waals surface area contributed by atoms with E-state index in [1.807, 2.05) is 6.07 Å². The average molecular weight is 376 g/mol. The van der Waals surface area contributed by atoms with Crippen molar-refractivity contribution in [2.24, 2.45) is 5.41 Å². The fourth-order valence-corrected chi connectivity index (χ4v) is 4.74. The maximum atomic E-state index is 12.7. The lowest BCUT2D eigenvalue weighted by atomic mass is 9.91. The molecule has 0 radical (unpaired) electrons.